The molecule has 0 aliphatic heterocycles. The monoisotopic (exact) mass is 473 g/mol. The largest absolute Gasteiger partial charge is 0.426 e. The van der Waals surface area contributed by atoms with E-state index in [0.29, 0.717) is 22.6 Å². The zero-order valence-electron chi connectivity index (χ0n) is 17.3. The van der Waals surface area contributed by atoms with Crippen LogP contribution in [-0.4, -0.2) is 24.0 Å². The van der Waals surface area contributed by atoms with Crippen LogP contribution in [0.1, 0.15) is 50.0 Å². The zero-order chi connectivity index (χ0) is 22.3. The summed E-state index contributed by atoms with van der Waals surface area (Å²) in [7, 11) is 0. The van der Waals surface area contributed by atoms with Gasteiger partial charge in [-0.2, -0.15) is 5.10 Å². The normalized spacial score (nSPS) is 11.2. The van der Waals surface area contributed by atoms with Gasteiger partial charge in [0.25, 0.3) is 5.91 Å². The van der Waals surface area contributed by atoms with Crippen LogP contribution in [0, 0.1) is 5.41 Å². The van der Waals surface area contributed by atoms with Gasteiger partial charge < -0.3 is 10.1 Å². The van der Waals surface area contributed by atoms with Gasteiger partial charge in [-0.15, -0.1) is 0 Å². The molecule has 0 atom stereocenters. The van der Waals surface area contributed by atoms with E-state index in [0.717, 1.165) is 4.47 Å². The lowest BCUT2D eigenvalue weighted by Gasteiger charge is -2.17. The van der Waals surface area contributed by atoms with E-state index < -0.39 is 11.3 Å². The number of nitrogens with zero attached hydrogens (tertiary/aromatic N) is 1. The minimum atomic E-state index is -0.512. The van der Waals surface area contributed by atoms with Crippen LogP contribution in [0.5, 0.6) is 5.75 Å². The maximum atomic E-state index is 12.3. The Morgan fingerprint density at radius 2 is 1.77 bits per heavy atom. The maximum absolute atomic E-state index is 12.3. The molecule has 2 rings (SSSR count). The number of benzene rings is 2. The predicted molar refractivity (Wildman–Crippen MR) is 120 cm³/mol. The van der Waals surface area contributed by atoms with Gasteiger partial charge in [0, 0.05) is 33.1 Å². The van der Waals surface area contributed by atoms with Crippen molar-refractivity contribution in [3.05, 3.63) is 58.1 Å². The van der Waals surface area contributed by atoms with Crippen molar-refractivity contribution in [3.63, 3.8) is 0 Å². The van der Waals surface area contributed by atoms with Gasteiger partial charge in [-0.1, -0.05) is 43.6 Å². The molecule has 0 fully saturated rings. The number of ether oxygens (including phenoxy) is 1. The Hall–Kier alpha value is -3.00. The molecule has 0 aliphatic carbocycles. The molecule has 0 spiro atoms. The minimum absolute atomic E-state index is 0.113. The van der Waals surface area contributed by atoms with Gasteiger partial charge in [0.2, 0.25) is 5.91 Å². The molecule has 0 aliphatic rings. The lowest BCUT2D eigenvalue weighted by molar-refractivity contribution is -0.134. The van der Waals surface area contributed by atoms with Crippen LogP contribution >= 0.6 is 15.9 Å². The highest BCUT2D eigenvalue weighted by molar-refractivity contribution is 9.10. The van der Waals surface area contributed by atoms with E-state index in [9.17, 15) is 14.4 Å². The SMILES string of the molecule is CCC(=O)Oc1ccc(Br)cc1/C=N/NC(=O)c1ccc(NC(=O)C(C)(C)C)cc1. The van der Waals surface area contributed by atoms with Crippen molar-refractivity contribution in [3.8, 4) is 5.75 Å². The smallest absolute Gasteiger partial charge is 0.310 e. The Bertz CT molecular complexity index is 963. The molecule has 0 heterocycles. The molecule has 8 heteroatoms. The Labute approximate surface area is 184 Å². The van der Waals surface area contributed by atoms with Crippen molar-refractivity contribution in [1.29, 1.82) is 0 Å². The fourth-order valence-corrected chi connectivity index (χ4v) is 2.54. The number of carbonyl (C=O) groups excluding carboxylic acids is 3. The number of hydrazone groups is 1. The van der Waals surface area contributed by atoms with Crippen molar-refractivity contribution < 1.29 is 19.1 Å². The van der Waals surface area contributed by atoms with E-state index in [2.05, 4.69) is 31.8 Å². The predicted octanol–water partition coefficient (Wildman–Crippen LogP) is 4.51. The van der Waals surface area contributed by atoms with Gasteiger partial charge in [-0.05, 0) is 42.5 Å². The molecule has 30 heavy (non-hydrogen) atoms. The molecule has 0 radical (unpaired) electrons. The van der Waals surface area contributed by atoms with E-state index in [-0.39, 0.29) is 18.3 Å². The van der Waals surface area contributed by atoms with E-state index in [1.807, 2.05) is 20.8 Å². The third-order valence-electron chi connectivity index (χ3n) is 3.94. The van der Waals surface area contributed by atoms with E-state index in [4.69, 9.17) is 4.74 Å². The second kappa shape index (κ2) is 10.2. The number of hydrogen-bond acceptors (Lipinski definition) is 5. The lowest BCUT2D eigenvalue weighted by Crippen LogP contribution is -2.27. The third-order valence-corrected chi connectivity index (χ3v) is 4.43. The van der Waals surface area contributed by atoms with Crippen LogP contribution in [0.15, 0.2) is 52.0 Å². The van der Waals surface area contributed by atoms with Crippen molar-refractivity contribution in [2.45, 2.75) is 34.1 Å². The summed E-state index contributed by atoms with van der Waals surface area (Å²) in [6.45, 7) is 7.17. The first kappa shape index (κ1) is 23.3. The number of anilines is 1. The molecule has 158 valence electrons. The summed E-state index contributed by atoms with van der Waals surface area (Å²) >= 11 is 3.35. The molecule has 0 saturated heterocycles. The van der Waals surface area contributed by atoms with Crippen molar-refractivity contribution in [2.75, 3.05) is 5.32 Å². The number of hydrogen-bond donors (Lipinski definition) is 2. The summed E-state index contributed by atoms with van der Waals surface area (Å²) in [5.41, 5.74) is 3.44. The third kappa shape index (κ3) is 6.81. The molecule has 0 bridgehead atoms. The molecule has 2 aromatic carbocycles. The molecule has 2 N–H and O–H groups in total. The first-order valence-electron chi connectivity index (χ1n) is 9.35. The van der Waals surface area contributed by atoms with Crippen LogP contribution in [0.25, 0.3) is 0 Å². The van der Waals surface area contributed by atoms with Gasteiger partial charge in [-0.25, -0.2) is 5.43 Å². The summed E-state index contributed by atoms with van der Waals surface area (Å²) in [5.74, 6) is -0.545. The average Bonchev–Trinajstić information content (AvgIpc) is 2.69. The van der Waals surface area contributed by atoms with Crippen molar-refractivity contribution in [2.24, 2.45) is 10.5 Å². The molecule has 2 aromatic rings. The second-order valence-electron chi connectivity index (χ2n) is 7.49. The Balaban J connectivity index is 2.04. The second-order valence-corrected chi connectivity index (χ2v) is 8.41. The van der Waals surface area contributed by atoms with Crippen molar-refractivity contribution in [1.82, 2.24) is 5.43 Å². The quantitative estimate of drug-likeness (QED) is 0.279. The summed E-state index contributed by atoms with van der Waals surface area (Å²) in [6.07, 6.45) is 1.65. The first-order chi connectivity index (χ1) is 14.1. The molecular formula is C22H24BrN3O4. The topological polar surface area (TPSA) is 96.9 Å². The van der Waals surface area contributed by atoms with Gasteiger partial charge in [0.1, 0.15) is 5.75 Å². The highest BCUT2D eigenvalue weighted by Gasteiger charge is 2.21. The highest BCUT2D eigenvalue weighted by Crippen LogP contribution is 2.22. The minimum Gasteiger partial charge on any atom is -0.426 e. The zero-order valence-corrected chi connectivity index (χ0v) is 18.9. The maximum Gasteiger partial charge on any atom is 0.310 e. The molecule has 7 nitrogen and oxygen atoms in total. The van der Waals surface area contributed by atoms with Crippen LogP contribution < -0.4 is 15.5 Å². The fraction of sp³-hybridized carbons (Fsp3) is 0.273. The highest BCUT2D eigenvalue weighted by atomic mass is 79.9. The Morgan fingerprint density at radius 1 is 1.10 bits per heavy atom. The summed E-state index contributed by atoms with van der Waals surface area (Å²) < 4.78 is 6.04. The lowest BCUT2D eigenvalue weighted by atomic mass is 9.95. The summed E-state index contributed by atoms with van der Waals surface area (Å²) in [5, 5.41) is 6.75. The molecule has 0 unspecified atom stereocenters. The number of halogens is 1. The fourth-order valence-electron chi connectivity index (χ4n) is 2.16. The van der Waals surface area contributed by atoms with Gasteiger partial charge in [-0.3, -0.25) is 14.4 Å². The standard InChI is InChI=1S/C22H24BrN3O4/c1-5-19(27)30-18-11-8-16(23)12-15(18)13-24-26-20(28)14-6-9-17(10-7-14)25-21(29)22(2,3)4/h6-13H,5H2,1-4H3,(H,25,29)(H,26,28)/b24-13+. The molecule has 2 amide bonds. The summed E-state index contributed by atoms with van der Waals surface area (Å²) in [6, 6.07) is 11.6. The average molecular weight is 474 g/mol. The van der Waals surface area contributed by atoms with Crippen LogP contribution in [0.3, 0.4) is 0 Å². The number of amides is 2. The van der Waals surface area contributed by atoms with E-state index in [1.54, 1.807) is 49.4 Å². The molecule has 0 aromatic heterocycles. The molecular weight excluding hydrogens is 450 g/mol. The van der Waals surface area contributed by atoms with E-state index in [1.165, 1.54) is 6.21 Å². The van der Waals surface area contributed by atoms with Crippen LogP contribution in [0.2, 0.25) is 0 Å². The number of esters is 1. The molecule has 0 saturated carbocycles. The number of carbonyl (C=O) groups is 3. The Morgan fingerprint density at radius 3 is 2.37 bits per heavy atom. The van der Waals surface area contributed by atoms with Gasteiger partial charge >= 0.3 is 5.97 Å². The van der Waals surface area contributed by atoms with Gasteiger partial charge in [0.05, 0.1) is 6.21 Å². The number of rotatable bonds is 6. The van der Waals surface area contributed by atoms with Crippen LogP contribution in [-0.2, 0) is 9.59 Å². The van der Waals surface area contributed by atoms with Crippen LogP contribution in [0.4, 0.5) is 5.69 Å². The first-order valence-corrected chi connectivity index (χ1v) is 10.1. The Kier molecular flexibility index (Phi) is 7.88. The number of nitrogens with one attached hydrogen (secondary N) is 2. The van der Waals surface area contributed by atoms with Gasteiger partial charge in [0.15, 0.2) is 0 Å². The van der Waals surface area contributed by atoms with E-state index >= 15 is 0 Å². The van der Waals surface area contributed by atoms with Crippen molar-refractivity contribution >= 4 is 45.6 Å². The summed E-state index contributed by atoms with van der Waals surface area (Å²) in [4.78, 5) is 35.9.